The summed E-state index contributed by atoms with van der Waals surface area (Å²) < 4.78 is 15.2. The van der Waals surface area contributed by atoms with Crippen LogP contribution in [0.2, 0.25) is 0 Å². The molecule has 0 fully saturated rings. The molecule has 0 radical (unpaired) electrons. The molecular formula is C17H14FN3O2. The van der Waals surface area contributed by atoms with Crippen molar-refractivity contribution in [2.24, 2.45) is 0 Å². The molecule has 0 aliphatic carbocycles. The highest BCUT2D eigenvalue weighted by Crippen LogP contribution is 2.23. The molecule has 116 valence electrons. The van der Waals surface area contributed by atoms with Crippen molar-refractivity contribution in [2.75, 3.05) is 5.32 Å². The van der Waals surface area contributed by atoms with Gasteiger partial charge in [-0.1, -0.05) is 24.3 Å². The third-order valence-electron chi connectivity index (χ3n) is 3.49. The maximum Gasteiger partial charge on any atom is 0.259 e. The summed E-state index contributed by atoms with van der Waals surface area (Å²) in [4.78, 5) is 12.3. The summed E-state index contributed by atoms with van der Waals surface area (Å²) in [5.41, 5.74) is 1.38. The smallest absolute Gasteiger partial charge is 0.259 e. The van der Waals surface area contributed by atoms with Gasteiger partial charge >= 0.3 is 0 Å². The summed E-state index contributed by atoms with van der Waals surface area (Å²) in [6.45, 7) is 1.68. The zero-order chi connectivity index (χ0) is 16.4. The molecule has 2 N–H and O–H groups in total. The van der Waals surface area contributed by atoms with Crippen LogP contribution >= 0.6 is 0 Å². The third-order valence-corrected chi connectivity index (χ3v) is 3.49. The number of aromatic nitrogens is 2. The van der Waals surface area contributed by atoms with Crippen molar-refractivity contribution in [3.8, 4) is 11.4 Å². The molecule has 0 aliphatic heterocycles. The van der Waals surface area contributed by atoms with Gasteiger partial charge < -0.3 is 10.4 Å². The first-order valence-corrected chi connectivity index (χ1v) is 6.97. The van der Waals surface area contributed by atoms with E-state index in [1.807, 2.05) is 0 Å². The van der Waals surface area contributed by atoms with Gasteiger partial charge in [0.2, 0.25) is 0 Å². The molecule has 0 saturated heterocycles. The first kappa shape index (κ1) is 14.8. The summed E-state index contributed by atoms with van der Waals surface area (Å²) in [5, 5.41) is 16.4. The van der Waals surface area contributed by atoms with Gasteiger partial charge in [0, 0.05) is 0 Å². The molecule has 3 aromatic rings. The Balaban J connectivity index is 1.92. The number of hydrogen-bond acceptors (Lipinski definition) is 3. The number of nitrogens with one attached hydrogen (secondary N) is 1. The number of carbonyl (C=O) groups excluding carboxylic acids is 1. The number of rotatable bonds is 3. The fourth-order valence-corrected chi connectivity index (χ4v) is 2.27. The minimum Gasteiger partial charge on any atom is -0.506 e. The van der Waals surface area contributed by atoms with Crippen molar-refractivity contribution < 1.29 is 14.3 Å². The third kappa shape index (κ3) is 2.78. The van der Waals surface area contributed by atoms with Gasteiger partial charge in [0.25, 0.3) is 5.91 Å². The van der Waals surface area contributed by atoms with Crippen LogP contribution in [0, 0.1) is 12.7 Å². The standard InChI is InChI=1S/C17H14FN3O2/c1-11-12(17(23)20-14-7-3-5-9-16(14)22)10-19-21(11)15-8-4-2-6-13(15)18/h2-10,22H,1H3,(H,20,23). The van der Waals surface area contributed by atoms with Crippen molar-refractivity contribution in [3.63, 3.8) is 0 Å². The van der Waals surface area contributed by atoms with Gasteiger partial charge in [0.15, 0.2) is 0 Å². The molecule has 6 heteroatoms. The Bertz CT molecular complexity index is 874. The van der Waals surface area contributed by atoms with Crippen molar-refractivity contribution in [2.45, 2.75) is 6.92 Å². The number of nitrogens with zero attached hydrogens (tertiary/aromatic N) is 2. The van der Waals surface area contributed by atoms with Gasteiger partial charge in [-0.2, -0.15) is 5.10 Å². The van der Waals surface area contributed by atoms with E-state index in [1.165, 1.54) is 23.0 Å². The van der Waals surface area contributed by atoms with Crippen LogP contribution in [0.25, 0.3) is 5.69 Å². The topological polar surface area (TPSA) is 67.2 Å². The number of para-hydroxylation sites is 3. The lowest BCUT2D eigenvalue weighted by Gasteiger charge is -2.08. The molecule has 23 heavy (non-hydrogen) atoms. The average molecular weight is 311 g/mol. The highest BCUT2D eigenvalue weighted by atomic mass is 19.1. The lowest BCUT2D eigenvalue weighted by atomic mass is 10.2. The van der Waals surface area contributed by atoms with Crippen molar-refractivity contribution >= 4 is 11.6 Å². The highest BCUT2D eigenvalue weighted by molar-refractivity contribution is 6.05. The van der Waals surface area contributed by atoms with Gasteiger partial charge in [0.05, 0.1) is 23.1 Å². The van der Waals surface area contributed by atoms with E-state index in [9.17, 15) is 14.3 Å². The van der Waals surface area contributed by atoms with E-state index in [4.69, 9.17) is 0 Å². The number of phenols is 1. The Morgan fingerprint density at radius 1 is 1.17 bits per heavy atom. The van der Waals surface area contributed by atoms with Gasteiger partial charge in [-0.05, 0) is 31.2 Å². The zero-order valence-corrected chi connectivity index (χ0v) is 12.3. The molecule has 1 heterocycles. The second-order valence-electron chi connectivity index (χ2n) is 4.98. The quantitative estimate of drug-likeness (QED) is 0.729. The monoisotopic (exact) mass is 311 g/mol. The maximum atomic E-state index is 13.9. The number of amides is 1. The van der Waals surface area contributed by atoms with Gasteiger partial charge in [0.1, 0.15) is 17.3 Å². The summed E-state index contributed by atoms with van der Waals surface area (Å²) in [6, 6.07) is 12.6. The fraction of sp³-hybridized carbons (Fsp3) is 0.0588. The summed E-state index contributed by atoms with van der Waals surface area (Å²) >= 11 is 0. The average Bonchev–Trinajstić information content (AvgIpc) is 2.92. The number of halogens is 1. The van der Waals surface area contributed by atoms with Crippen molar-refractivity contribution in [1.29, 1.82) is 0 Å². The Hall–Kier alpha value is -3.15. The first-order valence-electron chi connectivity index (χ1n) is 6.97. The second-order valence-corrected chi connectivity index (χ2v) is 4.98. The summed E-state index contributed by atoms with van der Waals surface area (Å²) in [5.74, 6) is -0.877. The number of benzene rings is 2. The van der Waals surface area contributed by atoms with Crippen LogP contribution in [-0.4, -0.2) is 20.8 Å². The molecule has 0 saturated carbocycles. The normalized spacial score (nSPS) is 10.5. The molecule has 0 aliphatic rings. The van der Waals surface area contributed by atoms with Crippen LogP contribution < -0.4 is 5.32 Å². The minimum atomic E-state index is -0.425. The number of anilines is 1. The molecule has 0 unspecified atom stereocenters. The Morgan fingerprint density at radius 3 is 2.61 bits per heavy atom. The largest absolute Gasteiger partial charge is 0.506 e. The predicted molar refractivity (Wildman–Crippen MR) is 84.3 cm³/mol. The number of carbonyl (C=O) groups is 1. The van der Waals surface area contributed by atoms with Crippen LogP contribution in [-0.2, 0) is 0 Å². The lowest BCUT2D eigenvalue weighted by molar-refractivity contribution is 0.102. The minimum absolute atomic E-state index is 0.0278. The molecule has 1 amide bonds. The van der Waals surface area contributed by atoms with Gasteiger partial charge in [-0.3, -0.25) is 4.79 Å². The van der Waals surface area contributed by atoms with E-state index in [0.717, 1.165) is 0 Å². The van der Waals surface area contributed by atoms with Crippen LogP contribution in [0.15, 0.2) is 54.7 Å². The summed E-state index contributed by atoms with van der Waals surface area (Å²) in [7, 11) is 0. The molecule has 0 bridgehead atoms. The van der Waals surface area contributed by atoms with E-state index < -0.39 is 11.7 Å². The van der Waals surface area contributed by atoms with E-state index in [-0.39, 0.29) is 11.4 Å². The van der Waals surface area contributed by atoms with E-state index in [2.05, 4.69) is 10.4 Å². The molecule has 3 rings (SSSR count). The highest BCUT2D eigenvalue weighted by Gasteiger charge is 2.17. The van der Waals surface area contributed by atoms with Gasteiger partial charge in [-0.25, -0.2) is 9.07 Å². The maximum absolute atomic E-state index is 13.9. The van der Waals surface area contributed by atoms with Crippen molar-refractivity contribution in [1.82, 2.24) is 9.78 Å². The SMILES string of the molecule is Cc1c(C(=O)Nc2ccccc2O)cnn1-c1ccccc1F. The first-order chi connectivity index (χ1) is 11.1. The summed E-state index contributed by atoms with van der Waals surface area (Å²) in [6.07, 6.45) is 1.37. The van der Waals surface area contributed by atoms with Crippen LogP contribution in [0.5, 0.6) is 5.75 Å². The molecular weight excluding hydrogens is 297 g/mol. The molecule has 0 atom stereocenters. The molecule has 1 aromatic heterocycles. The van der Waals surface area contributed by atoms with Crippen LogP contribution in [0.4, 0.5) is 10.1 Å². The van der Waals surface area contributed by atoms with Crippen molar-refractivity contribution in [3.05, 3.63) is 71.8 Å². The van der Waals surface area contributed by atoms with Gasteiger partial charge in [-0.15, -0.1) is 0 Å². The molecule has 2 aromatic carbocycles. The van der Waals surface area contributed by atoms with E-state index in [0.29, 0.717) is 16.9 Å². The molecule has 5 nitrogen and oxygen atoms in total. The van der Waals surface area contributed by atoms with Crippen LogP contribution in [0.3, 0.4) is 0 Å². The number of phenolic OH excluding ortho intramolecular Hbond substituents is 1. The predicted octanol–water partition coefficient (Wildman–Crippen LogP) is 3.28. The zero-order valence-electron chi connectivity index (χ0n) is 12.3. The Morgan fingerprint density at radius 2 is 1.87 bits per heavy atom. The fourth-order valence-electron chi connectivity index (χ4n) is 2.27. The molecule has 0 spiro atoms. The number of aromatic hydroxyl groups is 1. The Kier molecular flexibility index (Phi) is 3.80. The Labute approximate surface area is 132 Å². The second kappa shape index (κ2) is 5.92. The number of hydrogen-bond donors (Lipinski definition) is 2. The van der Waals surface area contributed by atoms with E-state index >= 15 is 0 Å². The van der Waals surface area contributed by atoms with Crippen LogP contribution in [0.1, 0.15) is 16.1 Å². The van der Waals surface area contributed by atoms with E-state index in [1.54, 1.807) is 43.3 Å². The lowest BCUT2D eigenvalue weighted by Crippen LogP contribution is -2.13.